The van der Waals surface area contributed by atoms with Gasteiger partial charge in [-0.2, -0.15) is 0 Å². The summed E-state index contributed by atoms with van der Waals surface area (Å²) in [4.78, 5) is 12.2. The highest BCUT2D eigenvalue weighted by Gasteiger charge is 2.28. The van der Waals surface area contributed by atoms with Gasteiger partial charge in [-0.15, -0.1) is 0 Å². The number of fused-ring (bicyclic) bond motifs is 1. The fourth-order valence-electron chi connectivity index (χ4n) is 2.33. The predicted molar refractivity (Wildman–Crippen MR) is 68.2 cm³/mol. The van der Waals surface area contributed by atoms with Crippen LogP contribution in [0.5, 0.6) is 0 Å². The van der Waals surface area contributed by atoms with Crippen molar-refractivity contribution in [2.75, 3.05) is 5.32 Å². The average Bonchev–Trinajstić information content (AvgIpc) is 2.84. The number of benzene rings is 2. The standard InChI is InChI=1S/C15H11F2NO/c16-10-5-6-12(17)11(8-10)15(19)14-7-9-3-1-2-4-13(9)18-14/h1-6,8,14,18H,7H2. The first kappa shape index (κ1) is 11.8. The molecule has 3 rings (SSSR count). The average molecular weight is 259 g/mol. The maximum Gasteiger partial charge on any atom is 0.188 e. The van der Waals surface area contributed by atoms with Crippen LogP contribution in [0.15, 0.2) is 42.5 Å². The molecule has 2 aromatic carbocycles. The third-order valence-electron chi connectivity index (χ3n) is 3.28. The molecule has 1 aliphatic rings. The van der Waals surface area contributed by atoms with Crippen molar-refractivity contribution in [2.45, 2.75) is 12.5 Å². The molecule has 96 valence electrons. The minimum atomic E-state index is -0.691. The van der Waals surface area contributed by atoms with Crippen LogP contribution < -0.4 is 5.32 Å². The SMILES string of the molecule is O=C(c1cc(F)ccc1F)C1Cc2ccccc2N1. The molecule has 0 saturated carbocycles. The Morgan fingerprint density at radius 1 is 1.16 bits per heavy atom. The van der Waals surface area contributed by atoms with Crippen LogP contribution in [0.1, 0.15) is 15.9 Å². The summed E-state index contributed by atoms with van der Waals surface area (Å²) in [6.45, 7) is 0. The first-order chi connectivity index (χ1) is 9.15. The van der Waals surface area contributed by atoms with Crippen molar-refractivity contribution < 1.29 is 13.6 Å². The van der Waals surface area contributed by atoms with Crippen molar-refractivity contribution in [2.24, 2.45) is 0 Å². The number of anilines is 1. The van der Waals surface area contributed by atoms with E-state index < -0.39 is 23.5 Å². The lowest BCUT2D eigenvalue weighted by Gasteiger charge is -2.10. The van der Waals surface area contributed by atoms with E-state index in [-0.39, 0.29) is 5.56 Å². The summed E-state index contributed by atoms with van der Waals surface area (Å²) in [6.07, 6.45) is 0.491. The maximum atomic E-state index is 13.6. The van der Waals surface area contributed by atoms with Gasteiger partial charge in [0, 0.05) is 12.1 Å². The normalized spacial score (nSPS) is 16.8. The highest BCUT2D eigenvalue weighted by molar-refractivity contribution is 6.03. The summed E-state index contributed by atoms with van der Waals surface area (Å²) in [5, 5.41) is 3.04. The Morgan fingerprint density at radius 2 is 1.95 bits per heavy atom. The molecule has 0 amide bonds. The molecule has 1 heterocycles. The summed E-state index contributed by atoms with van der Waals surface area (Å²) in [5.74, 6) is -1.72. The smallest absolute Gasteiger partial charge is 0.188 e. The third kappa shape index (κ3) is 2.10. The van der Waals surface area contributed by atoms with E-state index in [9.17, 15) is 13.6 Å². The van der Waals surface area contributed by atoms with E-state index >= 15 is 0 Å². The summed E-state index contributed by atoms with van der Waals surface area (Å²) < 4.78 is 26.7. The molecular formula is C15H11F2NO. The minimum absolute atomic E-state index is 0.203. The van der Waals surface area contributed by atoms with Crippen LogP contribution in [0.3, 0.4) is 0 Å². The number of ketones is 1. The summed E-state index contributed by atoms with van der Waals surface area (Å²) in [6, 6.07) is 9.92. The Morgan fingerprint density at radius 3 is 2.74 bits per heavy atom. The zero-order chi connectivity index (χ0) is 13.4. The fraction of sp³-hybridized carbons (Fsp3) is 0.133. The highest BCUT2D eigenvalue weighted by atomic mass is 19.1. The molecule has 1 atom stereocenters. The second-order valence-electron chi connectivity index (χ2n) is 4.55. The van der Waals surface area contributed by atoms with Gasteiger partial charge >= 0.3 is 0 Å². The molecule has 1 N–H and O–H groups in total. The van der Waals surface area contributed by atoms with Crippen LogP contribution in [0.4, 0.5) is 14.5 Å². The van der Waals surface area contributed by atoms with Gasteiger partial charge in [-0.3, -0.25) is 4.79 Å². The first-order valence-electron chi connectivity index (χ1n) is 5.99. The number of carbonyl (C=O) groups is 1. The topological polar surface area (TPSA) is 29.1 Å². The number of halogens is 2. The molecule has 0 fully saturated rings. The molecule has 0 spiro atoms. The molecule has 2 aromatic rings. The minimum Gasteiger partial charge on any atom is -0.374 e. The number of Topliss-reactive ketones (excluding diaryl/α,β-unsaturated/α-hetero) is 1. The van der Waals surface area contributed by atoms with Gasteiger partial charge in [0.15, 0.2) is 5.78 Å². The number of para-hydroxylation sites is 1. The lowest BCUT2D eigenvalue weighted by molar-refractivity contribution is 0.0967. The maximum absolute atomic E-state index is 13.6. The second-order valence-corrected chi connectivity index (χ2v) is 4.55. The quantitative estimate of drug-likeness (QED) is 0.839. The Kier molecular flexibility index (Phi) is 2.78. The fourth-order valence-corrected chi connectivity index (χ4v) is 2.33. The van der Waals surface area contributed by atoms with Crippen molar-refractivity contribution in [3.8, 4) is 0 Å². The predicted octanol–water partition coefficient (Wildman–Crippen LogP) is 3.18. The first-order valence-corrected chi connectivity index (χ1v) is 5.99. The molecule has 1 aliphatic heterocycles. The molecule has 19 heavy (non-hydrogen) atoms. The number of carbonyl (C=O) groups excluding carboxylic acids is 1. The Labute approximate surface area is 109 Å². The van der Waals surface area contributed by atoms with Gasteiger partial charge < -0.3 is 5.32 Å². The number of rotatable bonds is 2. The van der Waals surface area contributed by atoms with Crippen LogP contribution >= 0.6 is 0 Å². The van der Waals surface area contributed by atoms with Crippen molar-refractivity contribution in [3.05, 3.63) is 65.2 Å². The Bertz CT molecular complexity index is 629. The van der Waals surface area contributed by atoms with Gasteiger partial charge in [0.05, 0.1) is 11.6 Å². The largest absolute Gasteiger partial charge is 0.374 e. The lowest BCUT2D eigenvalue weighted by Crippen LogP contribution is -2.28. The van der Waals surface area contributed by atoms with E-state index in [1.165, 1.54) is 0 Å². The summed E-state index contributed by atoms with van der Waals surface area (Å²) >= 11 is 0. The molecule has 0 aromatic heterocycles. The zero-order valence-electron chi connectivity index (χ0n) is 9.99. The van der Waals surface area contributed by atoms with Crippen LogP contribution in [-0.2, 0) is 6.42 Å². The van der Waals surface area contributed by atoms with Gasteiger partial charge in [0.1, 0.15) is 11.6 Å². The highest BCUT2D eigenvalue weighted by Crippen LogP contribution is 2.27. The summed E-state index contributed by atoms with van der Waals surface area (Å²) in [7, 11) is 0. The van der Waals surface area contributed by atoms with E-state index in [4.69, 9.17) is 0 Å². The van der Waals surface area contributed by atoms with E-state index in [1.54, 1.807) is 0 Å². The third-order valence-corrected chi connectivity index (χ3v) is 3.28. The van der Waals surface area contributed by atoms with Crippen LogP contribution in [0, 0.1) is 11.6 Å². The van der Waals surface area contributed by atoms with Crippen LogP contribution in [0.25, 0.3) is 0 Å². The Balaban J connectivity index is 1.89. The van der Waals surface area contributed by atoms with Gasteiger partial charge in [-0.1, -0.05) is 18.2 Å². The van der Waals surface area contributed by atoms with Crippen molar-refractivity contribution in [1.29, 1.82) is 0 Å². The molecular weight excluding hydrogens is 248 g/mol. The summed E-state index contributed by atoms with van der Waals surface area (Å²) in [5.41, 5.74) is 1.68. The number of hydrogen-bond donors (Lipinski definition) is 1. The Hall–Kier alpha value is -2.23. The van der Waals surface area contributed by atoms with Crippen molar-refractivity contribution >= 4 is 11.5 Å². The van der Waals surface area contributed by atoms with E-state index in [0.29, 0.717) is 6.42 Å². The van der Waals surface area contributed by atoms with Crippen LogP contribution in [0.2, 0.25) is 0 Å². The zero-order valence-corrected chi connectivity index (χ0v) is 9.99. The second kappa shape index (κ2) is 4.46. The van der Waals surface area contributed by atoms with Gasteiger partial charge in [-0.05, 0) is 29.8 Å². The number of nitrogens with one attached hydrogen (secondary N) is 1. The number of hydrogen-bond acceptors (Lipinski definition) is 2. The van der Waals surface area contributed by atoms with Gasteiger partial charge in [-0.25, -0.2) is 8.78 Å². The monoisotopic (exact) mass is 259 g/mol. The molecule has 0 saturated heterocycles. The molecule has 0 bridgehead atoms. The van der Waals surface area contributed by atoms with E-state index in [1.807, 2.05) is 24.3 Å². The lowest BCUT2D eigenvalue weighted by atomic mass is 10.0. The van der Waals surface area contributed by atoms with E-state index in [0.717, 1.165) is 29.4 Å². The molecule has 2 nitrogen and oxygen atoms in total. The van der Waals surface area contributed by atoms with Crippen LogP contribution in [-0.4, -0.2) is 11.8 Å². The van der Waals surface area contributed by atoms with Gasteiger partial charge in [0.25, 0.3) is 0 Å². The van der Waals surface area contributed by atoms with E-state index in [2.05, 4.69) is 5.32 Å². The van der Waals surface area contributed by atoms with Crippen molar-refractivity contribution in [3.63, 3.8) is 0 Å². The molecule has 0 aliphatic carbocycles. The molecule has 1 unspecified atom stereocenters. The van der Waals surface area contributed by atoms with Gasteiger partial charge in [0.2, 0.25) is 0 Å². The molecule has 4 heteroatoms. The van der Waals surface area contributed by atoms with Crippen molar-refractivity contribution in [1.82, 2.24) is 0 Å². The molecule has 0 radical (unpaired) electrons.